The maximum absolute atomic E-state index is 9.47. The molecule has 8 heavy (non-hydrogen) atoms. The molecule has 0 aromatic carbocycles. The van der Waals surface area contributed by atoms with Gasteiger partial charge in [-0.15, -0.1) is 0 Å². The predicted molar refractivity (Wildman–Crippen MR) is 20.6 cm³/mol. The van der Waals surface area contributed by atoms with Crippen molar-refractivity contribution in [3.8, 4) is 0 Å². The number of rotatable bonds is 2. The molecule has 0 aliphatic heterocycles. The summed E-state index contributed by atoms with van der Waals surface area (Å²) in [7, 11) is -4.78. The summed E-state index contributed by atoms with van der Waals surface area (Å²) in [6.07, 6.45) is 0. The Kier molecular flexibility index (Phi) is 2.74. The molecular weight excluding hydrogens is 199 g/mol. The van der Waals surface area contributed by atoms with Crippen LogP contribution in [0.25, 0.3) is 0 Å². The Balaban J connectivity index is 3.73. The Bertz CT molecular complexity index is 120. The van der Waals surface area contributed by atoms with Gasteiger partial charge in [-0.3, -0.25) is 0 Å². The van der Waals surface area contributed by atoms with Crippen LogP contribution in [0.2, 0.25) is 0 Å². The zero-order valence-corrected chi connectivity index (χ0v) is 6.39. The molecule has 0 saturated heterocycles. The summed E-state index contributed by atoms with van der Waals surface area (Å²) in [5.74, 6) is 0. The molecule has 0 unspecified atom stereocenters. The van der Waals surface area contributed by atoms with E-state index in [1.165, 1.54) is 0 Å². The van der Waals surface area contributed by atoms with E-state index in [1.54, 1.807) is 0 Å². The summed E-state index contributed by atoms with van der Waals surface area (Å²) < 4.78 is 22.2. The second-order valence-electron chi connectivity index (χ2n) is 0.889. The van der Waals surface area contributed by atoms with E-state index in [4.69, 9.17) is 14.4 Å². The van der Waals surface area contributed by atoms with Crippen LogP contribution >= 0.6 is 0 Å². The van der Waals surface area contributed by atoms with Crippen molar-refractivity contribution in [2.75, 3.05) is 0 Å². The van der Waals surface area contributed by atoms with E-state index in [2.05, 4.69) is 3.42 Å². The molecule has 0 amide bonds. The van der Waals surface area contributed by atoms with Crippen molar-refractivity contribution >= 4 is 23.9 Å². The molecule has 0 aliphatic rings. The first-order valence-electron chi connectivity index (χ1n) is 1.42. The second-order valence-corrected chi connectivity index (χ2v) is 4.31. The van der Waals surface area contributed by atoms with Crippen molar-refractivity contribution in [1.82, 2.24) is 0 Å². The van der Waals surface area contributed by atoms with Crippen LogP contribution in [0.15, 0.2) is 0 Å². The van der Waals surface area contributed by atoms with Gasteiger partial charge in [0.05, 0.1) is 0 Å². The Labute approximate surface area is 49.9 Å². The average molecular weight is 202 g/mol. The topological polar surface area (TPSA) is 104 Å². The van der Waals surface area contributed by atoms with Crippen molar-refractivity contribution in [1.29, 1.82) is 0 Å². The van der Waals surface area contributed by atoms with Crippen molar-refractivity contribution in [3.05, 3.63) is 0 Å². The minimum atomic E-state index is -4.78. The third-order valence-corrected chi connectivity index (χ3v) is 3.07. The van der Waals surface area contributed by atoms with E-state index in [0.29, 0.717) is 0 Å². The van der Waals surface area contributed by atoms with Gasteiger partial charge in [0.15, 0.2) is 0 Å². The number of hydrogen-bond donors (Lipinski definition) is 3. The molecule has 0 aromatic rings. The first-order valence-corrected chi connectivity index (χ1v) is 5.47. The molecule has 0 bridgehead atoms. The van der Waals surface area contributed by atoms with E-state index in [9.17, 15) is 7.48 Å². The van der Waals surface area contributed by atoms with Gasteiger partial charge in [0, 0.05) is 0 Å². The van der Waals surface area contributed by atoms with E-state index in [-0.39, 0.29) is 0 Å². The van der Waals surface area contributed by atoms with Gasteiger partial charge in [-0.25, -0.2) is 0 Å². The first kappa shape index (κ1) is 8.22. The van der Waals surface area contributed by atoms with Crippen LogP contribution in [0, 0.1) is 0 Å². The van der Waals surface area contributed by atoms with E-state index in [0.717, 1.165) is 0 Å². The summed E-state index contributed by atoms with van der Waals surface area (Å²) >= 11 is -4.04. The van der Waals surface area contributed by atoms with Gasteiger partial charge in [0.25, 0.3) is 0 Å². The normalized spacial score (nSPS) is 11.4. The molecular formula is H3AsO6Si. The van der Waals surface area contributed by atoms with Gasteiger partial charge in [-0.05, 0) is 0 Å². The van der Waals surface area contributed by atoms with Gasteiger partial charge < -0.3 is 0 Å². The molecule has 3 N–H and O–H groups in total. The quantitative estimate of drug-likeness (QED) is 0.419. The van der Waals surface area contributed by atoms with Gasteiger partial charge in [-0.2, -0.15) is 0 Å². The second kappa shape index (κ2) is 2.67. The summed E-state index contributed by atoms with van der Waals surface area (Å²) in [6.45, 7) is 0. The molecule has 6 nitrogen and oxygen atoms in total. The minimum absolute atomic E-state index is 3.28. The zero-order chi connectivity index (χ0) is 6.78. The van der Waals surface area contributed by atoms with E-state index >= 15 is 0 Å². The van der Waals surface area contributed by atoms with Crippen LogP contribution in [-0.4, -0.2) is 38.3 Å². The van der Waals surface area contributed by atoms with Crippen LogP contribution in [0.1, 0.15) is 0 Å². The standard InChI is InChI=1S/AsH3O6Si/c2-1(3)7-8(4,5)6/h4-6H. The summed E-state index contributed by atoms with van der Waals surface area (Å²) in [5.41, 5.74) is 0. The maximum atomic E-state index is 9.47. The molecule has 0 rings (SSSR count). The van der Waals surface area contributed by atoms with Crippen molar-refractivity contribution in [3.63, 3.8) is 0 Å². The average Bonchev–Trinajstić information content (AvgIpc) is 1.21. The zero-order valence-electron chi connectivity index (χ0n) is 3.51. The Morgan fingerprint density at radius 2 is 1.62 bits per heavy atom. The van der Waals surface area contributed by atoms with Crippen LogP contribution in [0.5, 0.6) is 0 Å². The summed E-state index contributed by atoms with van der Waals surface area (Å²) in [5, 5.41) is 0. The summed E-state index contributed by atoms with van der Waals surface area (Å²) in [4.78, 5) is 23.6. The van der Waals surface area contributed by atoms with Crippen LogP contribution in [-0.2, 0) is 10.9 Å². The van der Waals surface area contributed by atoms with Crippen molar-refractivity contribution in [2.24, 2.45) is 0 Å². The fourth-order valence-corrected chi connectivity index (χ4v) is 1.56. The first-order chi connectivity index (χ1) is 3.42. The van der Waals surface area contributed by atoms with Crippen LogP contribution < -0.4 is 0 Å². The molecule has 0 aliphatic carbocycles. The van der Waals surface area contributed by atoms with Gasteiger partial charge in [0.2, 0.25) is 0 Å². The fourth-order valence-electron chi connectivity index (χ4n) is 0.100. The van der Waals surface area contributed by atoms with Gasteiger partial charge >= 0.3 is 49.2 Å². The molecule has 0 saturated carbocycles. The monoisotopic (exact) mass is 202 g/mol. The van der Waals surface area contributed by atoms with Crippen molar-refractivity contribution in [2.45, 2.75) is 0 Å². The molecule has 48 valence electrons. The molecule has 0 spiro atoms. The SMILES string of the molecule is O=[As](=O)O[Si](O)(O)O. The molecule has 8 heteroatoms. The third-order valence-electron chi connectivity index (χ3n) is 0.197. The van der Waals surface area contributed by atoms with Gasteiger partial charge in [0.1, 0.15) is 0 Å². The Hall–Kier alpha value is 0.215. The van der Waals surface area contributed by atoms with E-state index < -0.39 is 23.9 Å². The Morgan fingerprint density at radius 1 is 1.25 bits per heavy atom. The van der Waals surface area contributed by atoms with E-state index in [1.807, 2.05) is 0 Å². The molecule has 0 heterocycles. The third kappa shape index (κ3) is 6.22. The van der Waals surface area contributed by atoms with Crippen LogP contribution in [0.4, 0.5) is 0 Å². The Morgan fingerprint density at radius 3 is 1.62 bits per heavy atom. The molecule has 0 aromatic heterocycles. The molecule has 0 atom stereocenters. The van der Waals surface area contributed by atoms with Crippen molar-refractivity contribution < 1.29 is 25.3 Å². The fraction of sp³-hybridized carbons (Fsp3) is 0. The predicted octanol–water partition coefficient (Wildman–Crippen LogP) is -2.74. The van der Waals surface area contributed by atoms with Gasteiger partial charge in [-0.1, -0.05) is 0 Å². The molecule has 0 radical (unpaired) electrons. The summed E-state index contributed by atoms with van der Waals surface area (Å²) in [6, 6.07) is 0. The van der Waals surface area contributed by atoms with Crippen LogP contribution in [0.3, 0.4) is 0 Å². The molecule has 0 fully saturated rings. The number of hydrogen-bond acceptors (Lipinski definition) is 6.